The number of hydrogen-bond acceptors (Lipinski definition) is 3. The molecular weight excluding hydrogens is 270 g/mol. The van der Waals surface area contributed by atoms with Gasteiger partial charge in [-0.3, -0.25) is 19.3 Å². The Morgan fingerprint density at radius 1 is 1.05 bits per heavy atom. The van der Waals surface area contributed by atoms with Gasteiger partial charge in [0, 0.05) is 0 Å². The number of carboxylic acids is 1. The Hall–Kier alpha value is -2.43. The molecule has 0 radical (unpaired) electrons. The summed E-state index contributed by atoms with van der Waals surface area (Å²) in [5.74, 6) is -1.71. The lowest BCUT2D eigenvalue weighted by molar-refractivity contribution is -0.136. The first-order valence-electron chi connectivity index (χ1n) is 6.91. The van der Waals surface area contributed by atoms with E-state index < -0.39 is 5.97 Å². The normalized spacial score (nSPS) is 24.3. The maximum atomic E-state index is 12.4. The third-order valence-corrected chi connectivity index (χ3v) is 4.06. The Morgan fingerprint density at radius 2 is 1.57 bits per heavy atom. The Kier molecular flexibility index (Phi) is 3.33. The SMILES string of the molecule is O=C(O)Cc1ccc(N2C(=O)C3CC=CCC3C2=O)cc1. The maximum absolute atomic E-state index is 12.4. The van der Waals surface area contributed by atoms with Crippen molar-refractivity contribution in [1.29, 1.82) is 0 Å². The lowest BCUT2D eigenvalue weighted by atomic mass is 9.85. The van der Waals surface area contributed by atoms with Crippen molar-refractivity contribution < 1.29 is 19.5 Å². The third kappa shape index (κ3) is 2.35. The highest BCUT2D eigenvalue weighted by Gasteiger charge is 2.47. The minimum Gasteiger partial charge on any atom is -0.481 e. The van der Waals surface area contributed by atoms with Crippen molar-refractivity contribution in [3.05, 3.63) is 42.0 Å². The van der Waals surface area contributed by atoms with Crippen molar-refractivity contribution in [3.8, 4) is 0 Å². The number of allylic oxidation sites excluding steroid dienone is 2. The van der Waals surface area contributed by atoms with E-state index >= 15 is 0 Å². The van der Waals surface area contributed by atoms with Gasteiger partial charge < -0.3 is 5.11 Å². The lowest BCUT2D eigenvalue weighted by Gasteiger charge is -2.15. The molecule has 1 aliphatic heterocycles. The molecule has 1 heterocycles. The van der Waals surface area contributed by atoms with E-state index in [0.29, 0.717) is 24.1 Å². The van der Waals surface area contributed by atoms with Crippen LogP contribution in [0.15, 0.2) is 36.4 Å². The van der Waals surface area contributed by atoms with E-state index in [-0.39, 0.29) is 30.1 Å². The summed E-state index contributed by atoms with van der Waals surface area (Å²) in [6.07, 6.45) is 5.06. The summed E-state index contributed by atoms with van der Waals surface area (Å²) in [7, 11) is 0. The summed E-state index contributed by atoms with van der Waals surface area (Å²) in [5.41, 5.74) is 1.16. The molecule has 0 saturated carbocycles. The van der Waals surface area contributed by atoms with E-state index in [1.807, 2.05) is 12.2 Å². The molecule has 5 heteroatoms. The van der Waals surface area contributed by atoms with Crippen LogP contribution in [-0.2, 0) is 20.8 Å². The molecule has 1 fully saturated rings. The Morgan fingerprint density at radius 3 is 2.05 bits per heavy atom. The van der Waals surface area contributed by atoms with Gasteiger partial charge in [-0.15, -0.1) is 0 Å². The fourth-order valence-electron chi connectivity index (χ4n) is 2.99. The maximum Gasteiger partial charge on any atom is 0.307 e. The largest absolute Gasteiger partial charge is 0.481 e. The van der Waals surface area contributed by atoms with Crippen LogP contribution in [0.2, 0.25) is 0 Å². The number of benzene rings is 1. The predicted molar refractivity (Wildman–Crippen MR) is 75.6 cm³/mol. The number of nitrogens with zero attached hydrogens (tertiary/aromatic N) is 1. The second kappa shape index (κ2) is 5.16. The number of amides is 2. The fraction of sp³-hybridized carbons (Fsp3) is 0.312. The molecule has 0 bridgehead atoms. The molecule has 1 saturated heterocycles. The van der Waals surface area contributed by atoms with Gasteiger partial charge in [0.25, 0.3) is 0 Å². The zero-order chi connectivity index (χ0) is 15.0. The van der Waals surface area contributed by atoms with Crippen LogP contribution >= 0.6 is 0 Å². The van der Waals surface area contributed by atoms with Gasteiger partial charge in [-0.1, -0.05) is 24.3 Å². The summed E-state index contributed by atoms with van der Waals surface area (Å²) in [4.78, 5) is 36.7. The Balaban J connectivity index is 1.85. The van der Waals surface area contributed by atoms with Crippen LogP contribution in [0.25, 0.3) is 0 Å². The van der Waals surface area contributed by atoms with Crippen LogP contribution < -0.4 is 4.90 Å². The number of fused-ring (bicyclic) bond motifs is 1. The summed E-state index contributed by atoms with van der Waals surface area (Å²) < 4.78 is 0. The highest BCUT2D eigenvalue weighted by atomic mass is 16.4. The number of carboxylic acid groups (broad SMARTS) is 1. The molecule has 0 spiro atoms. The summed E-state index contributed by atoms with van der Waals surface area (Å²) in [6, 6.07) is 6.56. The summed E-state index contributed by atoms with van der Waals surface area (Å²) in [5, 5.41) is 8.75. The second-order valence-corrected chi connectivity index (χ2v) is 5.40. The van der Waals surface area contributed by atoms with Crippen molar-refractivity contribution in [2.75, 3.05) is 4.90 Å². The smallest absolute Gasteiger partial charge is 0.307 e. The standard InChI is InChI=1S/C16H15NO4/c18-14(19)9-10-5-7-11(8-6-10)17-15(20)12-3-1-2-4-13(12)16(17)21/h1-2,5-8,12-13H,3-4,9H2,(H,18,19). The topological polar surface area (TPSA) is 74.7 Å². The minimum atomic E-state index is -0.909. The van der Waals surface area contributed by atoms with Gasteiger partial charge in [-0.25, -0.2) is 0 Å². The first-order valence-corrected chi connectivity index (χ1v) is 6.91. The predicted octanol–water partition coefficient (Wildman–Crippen LogP) is 1.77. The number of hydrogen-bond donors (Lipinski definition) is 1. The lowest BCUT2D eigenvalue weighted by Crippen LogP contribution is -2.30. The molecule has 3 rings (SSSR count). The van der Waals surface area contributed by atoms with Crippen molar-refractivity contribution >= 4 is 23.5 Å². The highest BCUT2D eigenvalue weighted by Crippen LogP contribution is 2.37. The van der Waals surface area contributed by atoms with E-state index in [4.69, 9.17) is 5.11 Å². The molecular formula is C16H15NO4. The minimum absolute atomic E-state index is 0.0721. The van der Waals surface area contributed by atoms with E-state index in [1.54, 1.807) is 24.3 Å². The van der Waals surface area contributed by atoms with Crippen LogP contribution in [0.3, 0.4) is 0 Å². The van der Waals surface area contributed by atoms with E-state index in [9.17, 15) is 14.4 Å². The second-order valence-electron chi connectivity index (χ2n) is 5.40. The molecule has 2 unspecified atom stereocenters. The fourth-order valence-corrected chi connectivity index (χ4v) is 2.99. The third-order valence-electron chi connectivity index (χ3n) is 4.06. The number of aliphatic carboxylic acids is 1. The Labute approximate surface area is 121 Å². The number of carbonyl (C=O) groups is 3. The number of anilines is 1. The van der Waals surface area contributed by atoms with Crippen molar-refractivity contribution in [2.45, 2.75) is 19.3 Å². The van der Waals surface area contributed by atoms with Gasteiger partial charge in [0.15, 0.2) is 0 Å². The molecule has 2 atom stereocenters. The Bertz CT molecular complexity index is 606. The van der Waals surface area contributed by atoms with Gasteiger partial charge in [0.05, 0.1) is 23.9 Å². The summed E-state index contributed by atoms with van der Waals surface area (Å²) in [6.45, 7) is 0. The van der Waals surface area contributed by atoms with Crippen LogP contribution in [0, 0.1) is 11.8 Å². The molecule has 5 nitrogen and oxygen atoms in total. The molecule has 1 aromatic rings. The number of imide groups is 1. The van der Waals surface area contributed by atoms with Gasteiger partial charge >= 0.3 is 5.97 Å². The molecule has 108 valence electrons. The zero-order valence-corrected chi connectivity index (χ0v) is 11.4. The molecule has 1 N–H and O–H groups in total. The number of rotatable bonds is 3. The van der Waals surface area contributed by atoms with E-state index in [0.717, 1.165) is 0 Å². The van der Waals surface area contributed by atoms with Gasteiger partial charge in [-0.2, -0.15) is 0 Å². The van der Waals surface area contributed by atoms with E-state index in [2.05, 4.69) is 0 Å². The van der Waals surface area contributed by atoms with Crippen LogP contribution in [-0.4, -0.2) is 22.9 Å². The van der Waals surface area contributed by atoms with Gasteiger partial charge in [-0.05, 0) is 30.5 Å². The molecule has 21 heavy (non-hydrogen) atoms. The first kappa shape index (κ1) is 13.5. The van der Waals surface area contributed by atoms with Crippen LogP contribution in [0.4, 0.5) is 5.69 Å². The van der Waals surface area contributed by atoms with E-state index in [1.165, 1.54) is 4.90 Å². The monoisotopic (exact) mass is 285 g/mol. The molecule has 1 aliphatic carbocycles. The molecule has 2 amide bonds. The van der Waals surface area contributed by atoms with Crippen LogP contribution in [0.1, 0.15) is 18.4 Å². The van der Waals surface area contributed by atoms with Crippen molar-refractivity contribution in [2.24, 2.45) is 11.8 Å². The van der Waals surface area contributed by atoms with Gasteiger partial charge in [0.1, 0.15) is 0 Å². The van der Waals surface area contributed by atoms with Crippen molar-refractivity contribution in [3.63, 3.8) is 0 Å². The highest BCUT2D eigenvalue weighted by molar-refractivity contribution is 6.22. The zero-order valence-electron chi connectivity index (χ0n) is 11.4. The molecule has 0 aromatic heterocycles. The summed E-state index contributed by atoms with van der Waals surface area (Å²) >= 11 is 0. The van der Waals surface area contributed by atoms with Crippen LogP contribution in [0.5, 0.6) is 0 Å². The molecule has 2 aliphatic rings. The molecule has 1 aromatic carbocycles. The average Bonchev–Trinajstić information content (AvgIpc) is 2.72. The van der Waals surface area contributed by atoms with Gasteiger partial charge in [0.2, 0.25) is 11.8 Å². The van der Waals surface area contributed by atoms with Crippen molar-refractivity contribution in [1.82, 2.24) is 0 Å². The number of carbonyl (C=O) groups excluding carboxylic acids is 2. The average molecular weight is 285 g/mol. The first-order chi connectivity index (χ1) is 10.1. The quantitative estimate of drug-likeness (QED) is 0.678.